The van der Waals surface area contributed by atoms with Gasteiger partial charge in [0.05, 0.1) is 18.1 Å². The first-order valence-corrected chi connectivity index (χ1v) is 9.52. The molecule has 4 nitrogen and oxygen atoms in total. The van der Waals surface area contributed by atoms with E-state index >= 15 is 0 Å². The summed E-state index contributed by atoms with van der Waals surface area (Å²) < 4.78 is 5.29. The summed E-state index contributed by atoms with van der Waals surface area (Å²) in [6, 6.07) is 0. The fraction of sp³-hybridized carbons (Fsp3) is 0.762. The van der Waals surface area contributed by atoms with Crippen LogP contribution in [-0.2, 0) is 9.53 Å². The molecule has 3 aliphatic rings. The maximum absolute atomic E-state index is 13.0. The van der Waals surface area contributed by atoms with Crippen LogP contribution in [0, 0.1) is 23.2 Å². The molecule has 0 heterocycles. The summed E-state index contributed by atoms with van der Waals surface area (Å²) in [5, 5.41) is 22.1. The van der Waals surface area contributed by atoms with Gasteiger partial charge in [-0.05, 0) is 49.5 Å². The molecule has 0 aromatic rings. The number of aliphatic hydroxyl groups is 2. The third-order valence-corrected chi connectivity index (χ3v) is 6.93. The minimum atomic E-state index is -1.03. The van der Waals surface area contributed by atoms with Crippen LogP contribution in [0.2, 0.25) is 0 Å². The van der Waals surface area contributed by atoms with E-state index in [0.29, 0.717) is 25.2 Å². The molecule has 0 bridgehead atoms. The molecule has 0 aromatic carbocycles. The van der Waals surface area contributed by atoms with Crippen molar-refractivity contribution in [1.29, 1.82) is 0 Å². The molecule has 140 valence electrons. The van der Waals surface area contributed by atoms with E-state index in [9.17, 15) is 15.0 Å². The third-order valence-electron chi connectivity index (χ3n) is 6.93. The van der Waals surface area contributed by atoms with Crippen molar-refractivity contribution in [3.63, 3.8) is 0 Å². The lowest BCUT2D eigenvalue weighted by Gasteiger charge is -2.38. The number of hydrogen-bond acceptors (Lipinski definition) is 4. The van der Waals surface area contributed by atoms with E-state index in [1.165, 1.54) is 5.57 Å². The van der Waals surface area contributed by atoms with Crippen LogP contribution in [0.25, 0.3) is 0 Å². The highest BCUT2D eigenvalue weighted by molar-refractivity contribution is 5.95. The molecule has 2 N–H and O–H groups in total. The summed E-state index contributed by atoms with van der Waals surface area (Å²) in [5.74, 6) is 0.631. The predicted octanol–water partition coefficient (Wildman–Crippen LogP) is 3.03. The van der Waals surface area contributed by atoms with Crippen molar-refractivity contribution in [2.45, 2.75) is 65.1 Å². The summed E-state index contributed by atoms with van der Waals surface area (Å²) in [7, 11) is 1.59. The van der Waals surface area contributed by atoms with Crippen molar-refractivity contribution >= 4 is 5.78 Å². The minimum Gasteiger partial charge on any atom is -0.392 e. The normalized spacial score (nSPS) is 41.5. The van der Waals surface area contributed by atoms with Crippen LogP contribution in [0.5, 0.6) is 0 Å². The van der Waals surface area contributed by atoms with Crippen LogP contribution in [0.15, 0.2) is 22.8 Å². The number of carbonyl (C=O) groups excluding carboxylic acids is 1. The van der Waals surface area contributed by atoms with E-state index < -0.39 is 17.1 Å². The highest BCUT2D eigenvalue weighted by Crippen LogP contribution is 2.54. The molecule has 0 aromatic heterocycles. The Bertz CT molecular complexity index is 632. The minimum absolute atomic E-state index is 0.0540. The molecule has 3 rings (SSSR count). The van der Waals surface area contributed by atoms with Crippen molar-refractivity contribution in [3.05, 3.63) is 22.8 Å². The molecular formula is C21H32O4. The molecule has 0 saturated heterocycles. The van der Waals surface area contributed by atoms with Gasteiger partial charge in [0.1, 0.15) is 5.60 Å². The van der Waals surface area contributed by atoms with Gasteiger partial charge in [0, 0.05) is 13.5 Å². The van der Waals surface area contributed by atoms with Crippen molar-refractivity contribution in [2.75, 3.05) is 13.7 Å². The van der Waals surface area contributed by atoms with E-state index in [1.54, 1.807) is 7.11 Å². The van der Waals surface area contributed by atoms with Gasteiger partial charge >= 0.3 is 0 Å². The first-order chi connectivity index (χ1) is 11.6. The molecule has 5 atom stereocenters. The zero-order chi connectivity index (χ0) is 18.6. The largest absolute Gasteiger partial charge is 0.392 e. The molecule has 3 aliphatic carbocycles. The highest BCUT2D eigenvalue weighted by Gasteiger charge is 2.52. The Balaban J connectivity index is 2.19. The van der Waals surface area contributed by atoms with Gasteiger partial charge in [0.2, 0.25) is 0 Å². The average Bonchev–Trinajstić information content (AvgIpc) is 2.96. The maximum atomic E-state index is 13.0. The summed E-state index contributed by atoms with van der Waals surface area (Å²) in [6.45, 7) is 8.50. The standard InChI is InChI=1S/C21H32O4/c1-12(2)15-8-19(23)20(4)10-17-14(6-7-21(17,24)11-25-5)13(3)18(22)9-16(15)20/h10,12-14,18,22,24H,6-9,11H2,1-5H3. The monoisotopic (exact) mass is 348 g/mol. The fourth-order valence-electron chi connectivity index (χ4n) is 5.22. The smallest absolute Gasteiger partial charge is 0.150 e. The van der Waals surface area contributed by atoms with Crippen molar-refractivity contribution < 1.29 is 19.7 Å². The molecule has 0 spiro atoms. The van der Waals surface area contributed by atoms with Gasteiger partial charge in [0.25, 0.3) is 0 Å². The van der Waals surface area contributed by atoms with E-state index in [4.69, 9.17) is 4.74 Å². The van der Waals surface area contributed by atoms with E-state index in [1.807, 2.05) is 13.0 Å². The second kappa shape index (κ2) is 6.33. The SMILES string of the molecule is COCC1(O)CCC2C1=CC1(C)C(=O)CC(C(C)C)=C1CC(O)C2C. The van der Waals surface area contributed by atoms with Crippen molar-refractivity contribution in [3.8, 4) is 0 Å². The Morgan fingerprint density at radius 2 is 2.08 bits per heavy atom. The Hall–Kier alpha value is -0.970. The highest BCUT2D eigenvalue weighted by atomic mass is 16.5. The molecule has 1 saturated carbocycles. The number of methoxy groups -OCH3 is 1. The number of carbonyl (C=O) groups is 1. The number of fused-ring (bicyclic) bond motifs is 2. The maximum Gasteiger partial charge on any atom is 0.150 e. The van der Waals surface area contributed by atoms with Crippen LogP contribution < -0.4 is 0 Å². The van der Waals surface area contributed by atoms with E-state index in [-0.39, 0.29) is 24.2 Å². The molecular weight excluding hydrogens is 316 g/mol. The molecule has 25 heavy (non-hydrogen) atoms. The molecule has 0 amide bonds. The van der Waals surface area contributed by atoms with E-state index in [0.717, 1.165) is 17.6 Å². The number of allylic oxidation sites excluding steroid dienone is 2. The van der Waals surface area contributed by atoms with Gasteiger partial charge < -0.3 is 14.9 Å². The quantitative estimate of drug-likeness (QED) is 0.770. The van der Waals surface area contributed by atoms with Crippen molar-refractivity contribution in [2.24, 2.45) is 23.2 Å². The molecule has 4 heteroatoms. The lowest BCUT2D eigenvalue weighted by atomic mass is 9.69. The first kappa shape index (κ1) is 18.8. The zero-order valence-electron chi connectivity index (χ0n) is 16.1. The van der Waals surface area contributed by atoms with Crippen LogP contribution in [0.3, 0.4) is 0 Å². The predicted molar refractivity (Wildman–Crippen MR) is 97.0 cm³/mol. The van der Waals surface area contributed by atoms with Crippen LogP contribution in [0.1, 0.15) is 53.4 Å². The number of ketones is 1. The van der Waals surface area contributed by atoms with Gasteiger partial charge in [-0.2, -0.15) is 0 Å². The fourth-order valence-corrected chi connectivity index (χ4v) is 5.22. The van der Waals surface area contributed by atoms with Crippen LogP contribution >= 0.6 is 0 Å². The Labute approximate surface area is 151 Å². The Kier molecular flexibility index (Phi) is 4.76. The third kappa shape index (κ3) is 2.83. The number of hydrogen-bond donors (Lipinski definition) is 2. The molecule has 5 unspecified atom stereocenters. The summed E-state index contributed by atoms with van der Waals surface area (Å²) in [4.78, 5) is 13.0. The number of ether oxygens (including phenoxy) is 1. The van der Waals surface area contributed by atoms with Gasteiger partial charge in [-0.3, -0.25) is 4.79 Å². The van der Waals surface area contributed by atoms with Gasteiger partial charge in [-0.1, -0.05) is 38.0 Å². The lowest BCUT2D eigenvalue weighted by molar-refractivity contribution is -0.122. The van der Waals surface area contributed by atoms with Crippen molar-refractivity contribution in [1.82, 2.24) is 0 Å². The van der Waals surface area contributed by atoms with Gasteiger partial charge in [-0.15, -0.1) is 0 Å². The van der Waals surface area contributed by atoms with Crippen LogP contribution in [-0.4, -0.2) is 41.4 Å². The Morgan fingerprint density at radius 3 is 2.68 bits per heavy atom. The summed E-state index contributed by atoms with van der Waals surface area (Å²) in [5.41, 5.74) is 1.41. The number of aliphatic hydroxyl groups excluding tert-OH is 1. The summed E-state index contributed by atoms with van der Waals surface area (Å²) >= 11 is 0. The first-order valence-electron chi connectivity index (χ1n) is 9.52. The van der Waals surface area contributed by atoms with Crippen LogP contribution in [0.4, 0.5) is 0 Å². The number of rotatable bonds is 3. The molecule has 1 fully saturated rings. The number of Topliss-reactive ketones (excluding diaryl/α,β-unsaturated/α-hetero) is 1. The average molecular weight is 348 g/mol. The second-order valence-electron chi connectivity index (χ2n) is 8.80. The lowest BCUT2D eigenvalue weighted by Crippen LogP contribution is -2.40. The second-order valence-corrected chi connectivity index (χ2v) is 8.80. The topological polar surface area (TPSA) is 66.8 Å². The van der Waals surface area contributed by atoms with Gasteiger partial charge in [-0.25, -0.2) is 0 Å². The summed E-state index contributed by atoms with van der Waals surface area (Å²) in [6.07, 6.45) is 4.01. The molecule has 0 aliphatic heterocycles. The van der Waals surface area contributed by atoms with E-state index in [2.05, 4.69) is 20.8 Å². The zero-order valence-corrected chi connectivity index (χ0v) is 16.1. The Morgan fingerprint density at radius 1 is 1.40 bits per heavy atom. The molecule has 0 radical (unpaired) electrons. The van der Waals surface area contributed by atoms with Gasteiger partial charge in [0.15, 0.2) is 5.78 Å².